The van der Waals surface area contributed by atoms with Crippen molar-refractivity contribution in [2.75, 3.05) is 49.2 Å². The standard InChI is InChI=1S/C21H26FN5O2/c22-18-3-1-16(2-4-18)13-23-20(28)17-5-7-26(8-6-17)19-14-24-21(25-15-19)27-9-11-29-12-10-27/h1-4,14-15,17H,5-13H2,(H,23,28). The topological polar surface area (TPSA) is 70.6 Å². The molecule has 29 heavy (non-hydrogen) atoms. The van der Waals surface area contributed by atoms with Gasteiger partial charge in [0.05, 0.1) is 31.3 Å². The van der Waals surface area contributed by atoms with Crippen LogP contribution in [0.5, 0.6) is 0 Å². The van der Waals surface area contributed by atoms with E-state index >= 15 is 0 Å². The summed E-state index contributed by atoms with van der Waals surface area (Å²) in [6.45, 7) is 5.08. The number of aromatic nitrogens is 2. The molecule has 154 valence electrons. The van der Waals surface area contributed by atoms with Crippen molar-refractivity contribution in [3.63, 3.8) is 0 Å². The maximum Gasteiger partial charge on any atom is 0.225 e. The van der Waals surface area contributed by atoms with Crippen LogP contribution in [0.4, 0.5) is 16.0 Å². The molecule has 8 heteroatoms. The van der Waals surface area contributed by atoms with Crippen molar-refractivity contribution in [2.24, 2.45) is 5.92 Å². The van der Waals surface area contributed by atoms with E-state index in [0.29, 0.717) is 19.8 Å². The molecule has 0 radical (unpaired) electrons. The number of halogens is 1. The number of piperidine rings is 1. The first-order valence-electron chi connectivity index (χ1n) is 10.1. The molecule has 0 aliphatic carbocycles. The Bertz CT molecular complexity index is 801. The molecule has 1 aromatic heterocycles. The Morgan fingerprint density at radius 1 is 1.03 bits per heavy atom. The normalized spacial score (nSPS) is 18.0. The van der Waals surface area contributed by atoms with Gasteiger partial charge in [0, 0.05) is 38.6 Å². The number of morpholine rings is 1. The van der Waals surface area contributed by atoms with Crippen LogP contribution in [-0.2, 0) is 16.1 Å². The molecule has 1 amide bonds. The zero-order valence-corrected chi connectivity index (χ0v) is 16.4. The van der Waals surface area contributed by atoms with Gasteiger partial charge in [-0.15, -0.1) is 0 Å². The fourth-order valence-electron chi connectivity index (χ4n) is 3.74. The molecular formula is C21H26FN5O2. The number of rotatable bonds is 5. The molecule has 2 aliphatic rings. The highest BCUT2D eigenvalue weighted by atomic mass is 19.1. The summed E-state index contributed by atoms with van der Waals surface area (Å²) in [4.78, 5) is 25.8. The number of ether oxygens (including phenoxy) is 1. The number of hydrogen-bond donors (Lipinski definition) is 1. The van der Waals surface area contributed by atoms with Crippen LogP contribution >= 0.6 is 0 Å². The van der Waals surface area contributed by atoms with Gasteiger partial charge in [-0.2, -0.15) is 0 Å². The minimum absolute atomic E-state index is 0.000222. The molecule has 1 aromatic carbocycles. The van der Waals surface area contributed by atoms with E-state index in [1.54, 1.807) is 12.1 Å². The smallest absolute Gasteiger partial charge is 0.225 e. The van der Waals surface area contributed by atoms with Gasteiger partial charge in [-0.05, 0) is 30.5 Å². The number of nitrogens with one attached hydrogen (secondary N) is 1. The SMILES string of the molecule is O=C(NCc1ccc(F)cc1)C1CCN(c2cnc(N3CCOCC3)nc2)CC1. The van der Waals surface area contributed by atoms with E-state index in [-0.39, 0.29) is 17.6 Å². The quantitative estimate of drug-likeness (QED) is 0.829. The summed E-state index contributed by atoms with van der Waals surface area (Å²) in [7, 11) is 0. The van der Waals surface area contributed by atoms with Gasteiger partial charge in [-0.3, -0.25) is 4.79 Å². The van der Waals surface area contributed by atoms with Crippen molar-refractivity contribution in [2.45, 2.75) is 19.4 Å². The second kappa shape index (κ2) is 9.17. The molecule has 0 bridgehead atoms. The lowest BCUT2D eigenvalue weighted by Crippen LogP contribution is -2.40. The molecule has 0 spiro atoms. The molecule has 0 unspecified atom stereocenters. The number of carbonyl (C=O) groups is 1. The third-order valence-corrected chi connectivity index (χ3v) is 5.53. The highest BCUT2D eigenvalue weighted by Gasteiger charge is 2.25. The first-order valence-corrected chi connectivity index (χ1v) is 10.1. The van der Waals surface area contributed by atoms with Crippen molar-refractivity contribution in [3.8, 4) is 0 Å². The lowest BCUT2D eigenvalue weighted by atomic mass is 9.95. The monoisotopic (exact) mass is 399 g/mol. The molecule has 1 N–H and O–H groups in total. The molecule has 7 nitrogen and oxygen atoms in total. The summed E-state index contributed by atoms with van der Waals surface area (Å²) in [6, 6.07) is 6.20. The second-order valence-electron chi connectivity index (χ2n) is 7.45. The van der Waals surface area contributed by atoms with E-state index in [2.05, 4.69) is 25.1 Å². The average Bonchev–Trinajstić information content (AvgIpc) is 2.79. The second-order valence-corrected chi connectivity index (χ2v) is 7.45. The lowest BCUT2D eigenvalue weighted by Gasteiger charge is -2.33. The molecule has 2 aliphatic heterocycles. The average molecular weight is 399 g/mol. The maximum absolute atomic E-state index is 13.0. The third kappa shape index (κ3) is 5.00. The molecule has 0 atom stereocenters. The number of benzene rings is 1. The summed E-state index contributed by atoms with van der Waals surface area (Å²) in [5.74, 6) is 0.537. The summed E-state index contributed by atoms with van der Waals surface area (Å²) in [5, 5.41) is 2.97. The van der Waals surface area contributed by atoms with Gasteiger partial charge in [0.15, 0.2) is 0 Å². The van der Waals surface area contributed by atoms with Gasteiger partial charge in [0.25, 0.3) is 0 Å². The van der Waals surface area contributed by atoms with E-state index in [4.69, 9.17) is 4.74 Å². The predicted molar refractivity (Wildman–Crippen MR) is 108 cm³/mol. The Labute approximate surface area is 169 Å². The van der Waals surface area contributed by atoms with Crippen LogP contribution in [0.1, 0.15) is 18.4 Å². The van der Waals surface area contributed by atoms with Gasteiger partial charge in [-0.25, -0.2) is 14.4 Å². The van der Waals surface area contributed by atoms with Crippen LogP contribution in [0.2, 0.25) is 0 Å². The van der Waals surface area contributed by atoms with Crippen molar-refractivity contribution >= 4 is 17.5 Å². The Morgan fingerprint density at radius 2 is 1.69 bits per heavy atom. The van der Waals surface area contributed by atoms with Crippen molar-refractivity contribution in [1.82, 2.24) is 15.3 Å². The molecular weight excluding hydrogens is 373 g/mol. The van der Waals surface area contributed by atoms with E-state index < -0.39 is 0 Å². The van der Waals surface area contributed by atoms with Crippen molar-refractivity contribution in [1.29, 1.82) is 0 Å². The maximum atomic E-state index is 13.0. The number of carbonyl (C=O) groups excluding carboxylic acids is 1. The molecule has 2 saturated heterocycles. The molecule has 2 aromatic rings. The fourth-order valence-corrected chi connectivity index (χ4v) is 3.74. The van der Waals surface area contributed by atoms with Gasteiger partial charge in [-0.1, -0.05) is 12.1 Å². The number of anilines is 2. The fraction of sp³-hybridized carbons (Fsp3) is 0.476. The van der Waals surface area contributed by atoms with E-state index in [9.17, 15) is 9.18 Å². The van der Waals surface area contributed by atoms with Crippen LogP contribution in [-0.4, -0.2) is 55.3 Å². The number of nitrogens with zero attached hydrogens (tertiary/aromatic N) is 4. The summed E-state index contributed by atoms with van der Waals surface area (Å²) >= 11 is 0. The summed E-state index contributed by atoms with van der Waals surface area (Å²) < 4.78 is 18.3. The van der Waals surface area contributed by atoms with Gasteiger partial charge >= 0.3 is 0 Å². The largest absolute Gasteiger partial charge is 0.378 e. The number of hydrogen-bond acceptors (Lipinski definition) is 6. The van der Waals surface area contributed by atoms with Crippen LogP contribution < -0.4 is 15.1 Å². The molecule has 0 saturated carbocycles. The van der Waals surface area contributed by atoms with Crippen molar-refractivity contribution in [3.05, 3.63) is 48.0 Å². The van der Waals surface area contributed by atoms with Gasteiger partial charge in [0.2, 0.25) is 11.9 Å². The summed E-state index contributed by atoms with van der Waals surface area (Å²) in [6.07, 6.45) is 5.32. The van der Waals surface area contributed by atoms with E-state index in [1.165, 1.54) is 12.1 Å². The third-order valence-electron chi connectivity index (χ3n) is 5.53. The molecule has 3 heterocycles. The van der Waals surface area contributed by atoms with Crippen molar-refractivity contribution < 1.29 is 13.9 Å². The first kappa shape index (κ1) is 19.6. The van der Waals surface area contributed by atoms with Crippen LogP contribution in [0.15, 0.2) is 36.7 Å². The summed E-state index contributed by atoms with van der Waals surface area (Å²) in [5.41, 5.74) is 1.89. The van der Waals surface area contributed by atoms with Gasteiger partial charge in [0.1, 0.15) is 5.82 Å². The minimum atomic E-state index is -0.269. The molecule has 2 fully saturated rings. The Morgan fingerprint density at radius 3 is 2.34 bits per heavy atom. The highest BCUT2D eigenvalue weighted by Crippen LogP contribution is 2.23. The lowest BCUT2D eigenvalue weighted by molar-refractivity contribution is -0.125. The minimum Gasteiger partial charge on any atom is -0.378 e. The highest BCUT2D eigenvalue weighted by molar-refractivity contribution is 5.79. The van der Waals surface area contributed by atoms with E-state index in [1.807, 2.05) is 12.4 Å². The van der Waals surface area contributed by atoms with Crippen LogP contribution in [0, 0.1) is 11.7 Å². The zero-order chi connectivity index (χ0) is 20.1. The number of amides is 1. The van der Waals surface area contributed by atoms with Crippen LogP contribution in [0.25, 0.3) is 0 Å². The van der Waals surface area contributed by atoms with Gasteiger partial charge < -0.3 is 19.9 Å². The van der Waals surface area contributed by atoms with Crippen LogP contribution in [0.3, 0.4) is 0 Å². The van der Waals surface area contributed by atoms with E-state index in [0.717, 1.165) is 56.2 Å². The Hall–Kier alpha value is -2.74. The first-order chi connectivity index (χ1) is 14.2. The molecule has 4 rings (SSSR count). The zero-order valence-electron chi connectivity index (χ0n) is 16.4. The predicted octanol–water partition coefficient (Wildman–Crippen LogP) is 1.99. The Kier molecular flexibility index (Phi) is 6.19. The Balaban J connectivity index is 1.25.